The number of rotatable bonds is 4. The highest BCUT2D eigenvalue weighted by Gasteiger charge is 2.12. The van der Waals surface area contributed by atoms with E-state index in [1.807, 2.05) is 0 Å². The van der Waals surface area contributed by atoms with Gasteiger partial charge in [-0.05, 0) is 19.1 Å². The molecule has 0 saturated heterocycles. The van der Waals surface area contributed by atoms with E-state index in [1.54, 1.807) is 14.0 Å². The summed E-state index contributed by atoms with van der Waals surface area (Å²) in [6.45, 7) is 2.65. The second-order valence-corrected chi connectivity index (χ2v) is 4.30. The van der Waals surface area contributed by atoms with Crippen molar-refractivity contribution >= 4 is 22.3 Å². The van der Waals surface area contributed by atoms with Gasteiger partial charge in [-0.15, -0.1) is 0 Å². The molecule has 0 aliphatic heterocycles. The lowest BCUT2D eigenvalue weighted by molar-refractivity contribution is 0.630. The predicted molar refractivity (Wildman–Crippen MR) is 76.4 cm³/mol. The summed E-state index contributed by atoms with van der Waals surface area (Å²) in [5.41, 5.74) is 7.53. The Morgan fingerprint density at radius 3 is 2.79 bits per heavy atom. The zero-order chi connectivity index (χ0) is 14.0. The summed E-state index contributed by atoms with van der Waals surface area (Å²) in [7, 11) is 1.68. The molecule has 0 amide bonds. The molecule has 5 nitrogen and oxygen atoms in total. The van der Waals surface area contributed by atoms with E-state index in [0.29, 0.717) is 40.9 Å². The molecule has 0 atom stereocenters. The lowest BCUT2D eigenvalue weighted by Gasteiger charge is -2.14. The molecule has 0 aliphatic rings. The van der Waals surface area contributed by atoms with Crippen molar-refractivity contribution in [3.8, 4) is 0 Å². The number of hydrogen-bond acceptors (Lipinski definition) is 4. The average molecular weight is 264 g/mol. The van der Waals surface area contributed by atoms with Gasteiger partial charge in [0.05, 0.1) is 16.9 Å². The number of aromatic nitrogens is 1. The molecule has 2 aromatic rings. The third-order valence-corrected chi connectivity index (χ3v) is 3.04. The van der Waals surface area contributed by atoms with E-state index in [4.69, 9.17) is 5.73 Å². The molecule has 5 N–H and O–H groups in total. The second kappa shape index (κ2) is 5.27. The van der Waals surface area contributed by atoms with Crippen LogP contribution in [0.2, 0.25) is 0 Å². The maximum atomic E-state index is 13.6. The van der Waals surface area contributed by atoms with Gasteiger partial charge < -0.3 is 21.4 Å². The van der Waals surface area contributed by atoms with Crippen LogP contribution in [-0.4, -0.2) is 25.1 Å². The van der Waals surface area contributed by atoms with Crippen molar-refractivity contribution < 1.29 is 4.39 Å². The molecule has 0 radical (unpaired) electrons. The Morgan fingerprint density at radius 2 is 2.16 bits per heavy atom. The summed E-state index contributed by atoms with van der Waals surface area (Å²) in [5, 5.41) is 6.60. The summed E-state index contributed by atoms with van der Waals surface area (Å²) in [6.07, 6.45) is 0. The van der Waals surface area contributed by atoms with E-state index in [2.05, 4.69) is 15.6 Å². The normalized spacial score (nSPS) is 10.7. The van der Waals surface area contributed by atoms with Crippen LogP contribution in [0.25, 0.3) is 10.9 Å². The molecule has 1 aromatic carbocycles. The Balaban J connectivity index is 2.79. The first kappa shape index (κ1) is 13.4. The summed E-state index contributed by atoms with van der Waals surface area (Å²) in [5.74, 6) is -0.362. The first-order valence-corrected chi connectivity index (χ1v) is 6.06. The number of nitrogens with two attached hydrogens (primary N) is 1. The fourth-order valence-corrected chi connectivity index (χ4v) is 2.08. The molecule has 0 bridgehead atoms. The third-order valence-electron chi connectivity index (χ3n) is 3.04. The van der Waals surface area contributed by atoms with E-state index < -0.39 is 0 Å². The summed E-state index contributed by atoms with van der Waals surface area (Å²) in [4.78, 5) is 14.7. The molecule has 2 rings (SSSR count). The molecule has 102 valence electrons. The van der Waals surface area contributed by atoms with Crippen molar-refractivity contribution in [1.29, 1.82) is 0 Å². The van der Waals surface area contributed by atoms with Gasteiger partial charge in [0.1, 0.15) is 5.82 Å². The van der Waals surface area contributed by atoms with Crippen molar-refractivity contribution in [2.45, 2.75) is 6.92 Å². The fourth-order valence-electron chi connectivity index (χ4n) is 2.08. The largest absolute Gasteiger partial charge is 0.386 e. The van der Waals surface area contributed by atoms with Gasteiger partial charge in [-0.2, -0.15) is 0 Å². The van der Waals surface area contributed by atoms with Crippen LogP contribution in [0.5, 0.6) is 0 Å². The number of nitrogens with one attached hydrogen (secondary N) is 3. The number of aromatic amines is 1. The Kier molecular flexibility index (Phi) is 3.71. The van der Waals surface area contributed by atoms with Gasteiger partial charge in [0.2, 0.25) is 0 Å². The topological polar surface area (TPSA) is 82.9 Å². The van der Waals surface area contributed by atoms with E-state index in [1.165, 1.54) is 12.1 Å². The van der Waals surface area contributed by atoms with Gasteiger partial charge in [-0.25, -0.2) is 4.39 Å². The molecular formula is C13H17FN4O. The molecule has 6 heteroatoms. The molecule has 19 heavy (non-hydrogen) atoms. The number of halogens is 1. The Morgan fingerprint density at radius 1 is 1.42 bits per heavy atom. The number of pyridine rings is 1. The summed E-state index contributed by atoms with van der Waals surface area (Å²) < 4.78 is 13.6. The molecular weight excluding hydrogens is 247 g/mol. The van der Waals surface area contributed by atoms with E-state index in [0.717, 1.165) is 0 Å². The van der Waals surface area contributed by atoms with Crippen LogP contribution >= 0.6 is 0 Å². The van der Waals surface area contributed by atoms with Gasteiger partial charge in [-0.3, -0.25) is 4.79 Å². The van der Waals surface area contributed by atoms with E-state index in [9.17, 15) is 9.18 Å². The molecule has 0 spiro atoms. The first-order valence-electron chi connectivity index (χ1n) is 6.06. The lowest BCUT2D eigenvalue weighted by Crippen LogP contribution is -2.18. The van der Waals surface area contributed by atoms with Gasteiger partial charge in [-0.1, -0.05) is 0 Å². The molecule has 0 saturated carbocycles. The van der Waals surface area contributed by atoms with Crippen LogP contribution in [0.4, 0.5) is 15.8 Å². The SMILES string of the molecule is CNc1cc(F)cc2c(NCCN)c(C)c(=O)[nH]c12. The summed E-state index contributed by atoms with van der Waals surface area (Å²) >= 11 is 0. The standard InChI is InChI=1S/C13H17FN4O/c1-7-11(17-4-3-15)9-5-8(14)6-10(16-2)12(9)18-13(7)19/h5-6,16H,3-4,15H2,1-2H3,(H2,17,18,19). The smallest absolute Gasteiger partial charge is 0.253 e. The van der Waals surface area contributed by atoms with Crippen molar-refractivity contribution in [2.24, 2.45) is 5.73 Å². The number of H-pyrrole nitrogens is 1. The first-order chi connectivity index (χ1) is 9.08. The number of benzene rings is 1. The number of fused-ring (bicyclic) bond motifs is 1. The molecule has 0 aliphatic carbocycles. The Hall–Kier alpha value is -2.08. The zero-order valence-corrected chi connectivity index (χ0v) is 10.9. The lowest BCUT2D eigenvalue weighted by atomic mass is 10.1. The van der Waals surface area contributed by atoms with Gasteiger partial charge in [0.15, 0.2) is 0 Å². The van der Waals surface area contributed by atoms with Crippen LogP contribution < -0.4 is 21.9 Å². The average Bonchev–Trinajstić information content (AvgIpc) is 2.39. The highest BCUT2D eigenvalue weighted by atomic mass is 19.1. The van der Waals surface area contributed by atoms with Crippen LogP contribution in [-0.2, 0) is 0 Å². The van der Waals surface area contributed by atoms with Gasteiger partial charge in [0, 0.05) is 31.1 Å². The van der Waals surface area contributed by atoms with E-state index >= 15 is 0 Å². The van der Waals surface area contributed by atoms with Crippen molar-refractivity contribution in [2.75, 3.05) is 30.8 Å². The minimum atomic E-state index is -0.362. The van der Waals surface area contributed by atoms with Crippen molar-refractivity contribution in [1.82, 2.24) is 4.98 Å². The Bertz CT molecular complexity index is 666. The van der Waals surface area contributed by atoms with Gasteiger partial charge in [0.25, 0.3) is 5.56 Å². The van der Waals surface area contributed by atoms with Crippen LogP contribution in [0.1, 0.15) is 5.56 Å². The predicted octanol–water partition coefficient (Wildman–Crippen LogP) is 1.39. The highest BCUT2D eigenvalue weighted by molar-refractivity contribution is 5.99. The van der Waals surface area contributed by atoms with E-state index in [-0.39, 0.29) is 11.4 Å². The van der Waals surface area contributed by atoms with Crippen molar-refractivity contribution in [3.05, 3.63) is 33.9 Å². The highest BCUT2D eigenvalue weighted by Crippen LogP contribution is 2.29. The molecule has 0 fully saturated rings. The minimum Gasteiger partial charge on any atom is -0.386 e. The van der Waals surface area contributed by atoms with Crippen LogP contribution in [0.15, 0.2) is 16.9 Å². The quantitative estimate of drug-likeness (QED) is 0.672. The van der Waals surface area contributed by atoms with Crippen LogP contribution in [0, 0.1) is 12.7 Å². The maximum absolute atomic E-state index is 13.6. The summed E-state index contributed by atoms with van der Waals surface area (Å²) in [6, 6.07) is 2.75. The third kappa shape index (κ3) is 2.39. The number of anilines is 2. The zero-order valence-electron chi connectivity index (χ0n) is 10.9. The fraction of sp³-hybridized carbons (Fsp3) is 0.308. The molecule has 1 aromatic heterocycles. The van der Waals surface area contributed by atoms with Crippen molar-refractivity contribution in [3.63, 3.8) is 0 Å². The second-order valence-electron chi connectivity index (χ2n) is 4.30. The molecule has 0 unspecified atom stereocenters. The maximum Gasteiger partial charge on any atom is 0.253 e. The van der Waals surface area contributed by atoms with Gasteiger partial charge >= 0.3 is 0 Å². The van der Waals surface area contributed by atoms with Crippen LogP contribution in [0.3, 0.4) is 0 Å². The monoisotopic (exact) mass is 264 g/mol. The Labute approximate surface area is 110 Å². The number of hydrogen-bond donors (Lipinski definition) is 4. The molecule has 1 heterocycles. The minimum absolute atomic E-state index is 0.199.